The van der Waals surface area contributed by atoms with Crippen molar-refractivity contribution >= 4 is 33.0 Å². The summed E-state index contributed by atoms with van der Waals surface area (Å²) in [5.41, 5.74) is 2.80. The van der Waals surface area contributed by atoms with Crippen LogP contribution in [-0.2, 0) is 11.2 Å². The molecular formula is C12H8BrN3O4. The van der Waals surface area contributed by atoms with E-state index in [2.05, 4.69) is 31.1 Å². The van der Waals surface area contributed by atoms with E-state index in [4.69, 9.17) is 9.52 Å². The average molecular weight is 338 g/mol. The molecule has 102 valence electrons. The predicted molar refractivity (Wildman–Crippen MR) is 73.5 cm³/mol. The van der Waals surface area contributed by atoms with Gasteiger partial charge in [-0.25, -0.2) is 4.79 Å². The fraction of sp³-hybridized carbons (Fsp3) is 0.0833. The van der Waals surface area contributed by atoms with Gasteiger partial charge in [-0.1, -0.05) is 0 Å². The van der Waals surface area contributed by atoms with E-state index in [0.717, 1.165) is 5.56 Å². The molecule has 0 atom stereocenters. The summed E-state index contributed by atoms with van der Waals surface area (Å²) in [7, 11) is 0. The second-order valence-corrected chi connectivity index (χ2v) is 4.95. The highest BCUT2D eigenvalue weighted by molar-refractivity contribution is 9.10. The molecule has 20 heavy (non-hydrogen) atoms. The van der Waals surface area contributed by atoms with Gasteiger partial charge in [0, 0.05) is 5.56 Å². The number of nitrogens with zero attached hydrogens (tertiary/aromatic N) is 1. The normalized spacial score (nSPS) is 11.1. The molecule has 0 spiro atoms. The van der Waals surface area contributed by atoms with Crippen LogP contribution in [0.25, 0.3) is 22.4 Å². The Bertz CT molecular complexity index is 861. The second-order valence-electron chi connectivity index (χ2n) is 4.16. The van der Waals surface area contributed by atoms with E-state index in [1.54, 1.807) is 18.2 Å². The zero-order valence-corrected chi connectivity index (χ0v) is 11.5. The van der Waals surface area contributed by atoms with Gasteiger partial charge >= 0.3 is 11.7 Å². The molecule has 3 N–H and O–H groups in total. The molecule has 7 nitrogen and oxygen atoms in total. The highest BCUT2D eigenvalue weighted by Crippen LogP contribution is 2.30. The number of fused-ring (bicyclic) bond motifs is 1. The third-order valence-electron chi connectivity index (χ3n) is 2.80. The van der Waals surface area contributed by atoms with Crippen LogP contribution in [0.2, 0.25) is 0 Å². The molecule has 0 aliphatic heterocycles. The number of carbonyl (C=O) groups is 1. The first-order chi connectivity index (χ1) is 9.54. The standard InChI is InChI=1S/C12H8BrN3O4/c13-10-7(4-9(17)18)15-16-11(10)5-1-2-8-6(3-5)14-12(19)20-8/h1-3H,4H2,(H,14,19)(H,15,16)(H,17,18). The summed E-state index contributed by atoms with van der Waals surface area (Å²) in [6, 6.07) is 5.11. The van der Waals surface area contributed by atoms with Gasteiger partial charge in [-0.2, -0.15) is 5.10 Å². The molecule has 3 aromatic rings. The Balaban J connectivity index is 2.08. The lowest BCUT2D eigenvalue weighted by Gasteiger charge is -1.98. The third kappa shape index (κ3) is 2.14. The highest BCUT2D eigenvalue weighted by atomic mass is 79.9. The third-order valence-corrected chi connectivity index (χ3v) is 3.65. The Morgan fingerprint density at radius 3 is 3.00 bits per heavy atom. The topological polar surface area (TPSA) is 112 Å². The van der Waals surface area contributed by atoms with Gasteiger partial charge in [0.25, 0.3) is 0 Å². The lowest BCUT2D eigenvalue weighted by atomic mass is 10.1. The zero-order chi connectivity index (χ0) is 14.3. The first-order valence-electron chi connectivity index (χ1n) is 5.62. The van der Waals surface area contributed by atoms with Gasteiger partial charge in [-0.15, -0.1) is 0 Å². The van der Waals surface area contributed by atoms with Crippen LogP contribution in [0.5, 0.6) is 0 Å². The van der Waals surface area contributed by atoms with E-state index in [-0.39, 0.29) is 6.42 Å². The maximum Gasteiger partial charge on any atom is 0.417 e. The smallest absolute Gasteiger partial charge is 0.417 e. The number of H-pyrrole nitrogens is 2. The molecule has 0 amide bonds. The van der Waals surface area contributed by atoms with Crippen molar-refractivity contribution in [2.45, 2.75) is 6.42 Å². The number of oxazole rings is 1. The van der Waals surface area contributed by atoms with E-state index in [1.807, 2.05) is 0 Å². The number of hydrogen-bond acceptors (Lipinski definition) is 4. The Morgan fingerprint density at radius 2 is 2.25 bits per heavy atom. The Kier molecular flexibility index (Phi) is 2.94. The van der Waals surface area contributed by atoms with Crippen LogP contribution >= 0.6 is 15.9 Å². The number of aromatic amines is 2. The van der Waals surface area contributed by atoms with E-state index < -0.39 is 11.7 Å². The fourth-order valence-electron chi connectivity index (χ4n) is 1.92. The van der Waals surface area contributed by atoms with Crippen molar-refractivity contribution in [3.05, 3.63) is 38.9 Å². The van der Waals surface area contributed by atoms with Crippen LogP contribution < -0.4 is 5.76 Å². The minimum absolute atomic E-state index is 0.154. The van der Waals surface area contributed by atoms with Crippen LogP contribution in [0.1, 0.15) is 5.69 Å². The largest absolute Gasteiger partial charge is 0.481 e. The van der Waals surface area contributed by atoms with Crippen molar-refractivity contribution in [2.75, 3.05) is 0 Å². The molecule has 2 heterocycles. The van der Waals surface area contributed by atoms with Crippen LogP contribution in [-0.4, -0.2) is 26.3 Å². The molecule has 0 aliphatic rings. The fourth-order valence-corrected chi connectivity index (χ4v) is 2.47. The van der Waals surface area contributed by atoms with E-state index in [1.165, 1.54) is 0 Å². The van der Waals surface area contributed by atoms with Crippen molar-refractivity contribution in [1.82, 2.24) is 15.2 Å². The quantitative estimate of drug-likeness (QED) is 0.675. The van der Waals surface area contributed by atoms with Gasteiger partial charge in [0.05, 0.1) is 22.1 Å². The number of rotatable bonds is 3. The molecule has 0 unspecified atom stereocenters. The molecule has 0 aliphatic carbocycles. The van der Waals surface area contributed by atoms with E-state index >= 15 is 0 Å². The first-order valence-corrected chi connectivity index (χ1v) is 6.41. The first kappa shape index (κ1) is 12.7. The Hall–Kier alpha value is -2.35. The van der Waals surface area contributed by atoms with Crippen LogP contribution in [0.15, 0.2) is 31.9 Å². The summed E-state index contributed by atoms with van der Waals surface area (Å²) in [6.07, 6.45) is -0.154. The lowest BCUT2D eigenvalue weighted by molar-refractivity contribution is -0.136. The number of carboxylic acids is 1. The summed E-state index contributed by atoms with van der Waals surface area (Å²) in [4.78, 5) is 24.4. The van der Waals surface area contributed by atoms with Gasteiger partial charge in [0.15, 0.2) is 5.58 Å². The summed E-state index contributed by atoms with van der Waals surface area (Å²) in [6.45, 7) is 0. The van der Waals surface area contributed by atoms with E-state index in [0.29, 0.717) is 27.0 Å². The van der Waals surface area contributed by atoms with Crippen LogP contribution in [0.4, 0.5) is 0 Å². The number of aromatic nitrogens is 3. The summed E-state index contributed by atoms with van der Waals surface area (Å²) in [5, 5.41) is 15.6. The van der Waals surface area contributed by atoms with Gasteiger partial charge in [0.1, 0.15) is 5.69 Å². The molecule has 0 bridgehead atoms. The second kappa shape index (κ2) is 4.64. The average Bonchev–Trinajstić information content (AvgIpc) is 2.91. The van der Waals surface area contributed by atoms with Crippen LogP contribution in [0.3, 0.4) is 0 Å². The zero-order valence-electron chi connectivity index (χ0n) is 9.94. The van der Waals surface area contributed by atoms with E-state index in [9.17, 15) is 9.59 Å². The molecular weight excluding hydrogens is 330 g/mol. The van der Waals surface area contributed by atoms with Crippen LogP contribution in [0, 0.1) is 0 Å². The lowest BCUT2D eigenvalue weighted by Crippen LogP contribution is -2.00. The Labute approximate surface area is 119 Å². The summed E-state index contributed by atoms with van der Waals surface area (Å²) >= 11 is 3.33. The minimum atomic E-state index is -0.949. The molecule has 8 heteroatoms. The molecule has 2 aromatic heterocycles. The molecule has 1 aromatic carbocycles. The molecule has 0 radical (unpaired) electrons. The number of halogens is 1. The number of nitrogens with one attached hydrogen (secondary N) is 2. The maximum atomic E-state index is 11.1. The monoisotopic (exact) mass is 337 g/mol. The van der Waals surface area contributed by atoms with Gasteiger partial charge in [0.2, 0.25) is 0 Å². The van der Waals surface area contributed by atoms with Crippen molar-refractivity contribution in [3.63, 3.8) is 0 Å². The number of hydrogen-bond donors (Lipinski definition) is 3. The molecule has 0 fully saturated rings. The Morgan fingerprint density at radius 1 is 1.45 bits per heavy atom. The van der Waals surface area contributed by atoms with Crippen molar-refractivity contribution in [1.29, 1.82) is 0 Å². The summed E-state index contributed by atoms with van der Waals surface area (Å²) < 4.78 is 5.51. The number of aliphatic carboxylic acids is 1. The van der Waals surface area contributed by atoms with Gasteiger partial charge in [-0.05, 0) is 34.1 Å². The van der Waals surface area contributed by atoms with Crippen molar-refractivity contribution < 1.29 is 14.3 Å². The van der Waals surface area contributed by atoms with Crippen molar-refractivity contribution in [2.24, 2.45) is 0 Å². The van der Waals surface area contributed by atoms with Gasteiger partial charge in [-0.3, -0.25) is 14.9 Å². The van der Waals surface area contributed by atoms with Gasteiger partial charge < -0.3 is 9.52 Å². The molecule has 0 saturated heterocycles. The predicted octanol–water partition coefficient (Wildman–Crippen LogP) is 1.90. The number of benzene rings is 1. The number of carboxylic acid groups (broad SMARTS) is 1. The molecule has 0 saturated carbocycles. The highest BCUT2D eigenvalue weighted by Gasteiger charge is 2.15. The maximum absolute atomic E-state index is 11.1. The SMILES string of the molecule is O=C(O)Cc1[nH]nc(-c2ccc3oc(=O)[nH]c3c2)c1Br. The molecule has 3 rings (SSSR count). The summed E-state index contributed by atoms with van der Waals surface area (Å²) in [5.74, 6) is -1.47. The minimum Gasteiger partial charge on any atom is -0.481 e. The van der Waals surface area contributed by atoms with Crippen molar-refractivity contribution in [3.8, 4) is 11.3 Å².